The van der Waals surface area contributed by atoms with Crippen LogP contribution in [0.3, 0.4) is 0 Å². The highest BCUT2D eigenvalue weighted by molar-refractivity contribution is 7.92. The predicted octanol–water partition coefficient (Wildman–Crippen LogP) is 4.79. The lowest BCUT2D eigenvalue weighted by molar-refractivity contribution is -0.119. The fraction of sp³-hybridized carbons (Fsp3) is 0.0909. The maximum absolute atomic E-state index is 13.8. The molecular weight excluding hydrogens is 476 g/mol. The molecule has 0 atom stereocenters. The third kappa shape index (κ3) is 5.45. The van der Waals surface area contributed by atoms with E-state index in [4.69, 9.17) is 23.2 Å². The van der Waals surface area contributed by atoms with Crippen molar-refractivity contribution >= 4 is 51.0 Å². The van der Waals surface area contributed by atoms with Crippen molar-refractivity contribution in [2.45, 2.75) is 11.8 Å². The van der Waals surface area contributed by atoms with E-state index < -0.39 is 28.3 Å². The Morgan fingerprint density at radius 1 is 1.09 bits per heavy atom. The molecule has 32 heavy (non-hydrogen) atoms. The van der Waals surface area contributed by atoms with Crippen LogP contribution in [0.1, 0.15) is 11.1 Å². The number of aryl methyl sites for hydroxylation is 1. The third-order valence-electron chi connectivity index (χ3n) is 4.43. The monoisotopic (exact) mass is 493 g/mol. The van der Waals surface area contributed by atoms with Gasteiger partial charge in [0.2, 0.25) is 0 Å². The van der Waals surface area contributed by atoms with Gasteiger partial charge in [-0.05, 0) is 55.0 Å². The van der Waals surface area contributed by atoms with E-state index in [1.165, 1.54) is 42.5 Å². The van der Waals surface area contributed by atoms with E-state index in [9.17, 15) is 17.6 Å². The second kappa shape index (κ2) is 10.1. The summed E-state index contributed by atoms with van der Waals surface area (Å²) >= 11 is 11.9. The lowest BCUT2D eigenvalue weighted by Crippen LogP contribution is -2.40. The first-order valence-electron chi connectivity index (χ1n) is 9.30. The highest BCUT2D eigenvalue weighted by atomic mass is 35.5. The maximum atomic E-state index is 13.8. The van der Waals surface area contributed by atoms with Gasteiger partial charge in [0, 0.05) is 10.6 Å². The average molecular weight is 494 g/mol. The van der Waals surface area contributed by atoms with Gasteiger partial charge < -0.3 is 0 Å². The molecule has 1 N–H and O–H groups in total. The number of hydrazone groups is 1. The average Bonchev–Trinajstić information content (AvgIpc) is 2.75. The number of anilines is 1. The van der Waals surface area contributed by atoms with Gasteiger partial charge in [0.15, 0.2) is 0 Å². The molecule has 0 aliphatic carbocycles. The number of hydrogen-bond donors (Lipinski definition) is 1. The number of sulfonamides is 1. The SMILES string of the molecule is Cc1cc(Cl)ccc1N(CC(=O)N/N=C/c1c(F)cccc1Cl)S(=O)(=O)c1ccccc1. The van der Waals surface area contributed by atoms with Gasteiger partial charge in [-0.3, -0.25) is 9.10 Å². The van der Waals surface area contributed by atoms with Gasteiger partial charge in [-0.2, -0.15) is 5.10 Å². The lowest BCUT2D eigenvalue weighted by Gasteiger charge is -2.25. The number of carbonyl (C=O) groups excluding carboxylic acids is 1. The Kier molecular flexibility index (Phi) is 7.50. The van der Waals surface area contributed by atoms with Crippen LogP contribution in [0.15, 0.2) is 76.7 Å². The summed E-state index contributed by atoms with van der Waals surface area (Å²) in [5.41, 5.74) is 3.06. The number of amides is 1. The molecule has 0 spiro atoms. The second-order valence-electron chi connectivity index (χ2n) is 6.68. The number of rotatable bonds is 7. The Morgan fingerprint density at radius 3 is 2.47 bits per heavy atom. The van der Waals surface area contributed by atoms with E-state index >= 15 is 0 Å². The first kappa shape index (κ1) is 23.7. The Bertz CT molecular complexity index is 1250. The molecule has 3 rings (SSSR count). The molecule has 3 aromatic rings. The summed E-state index contributed by atoms with van der Waals surface area (Å²) in [5, 5.41) is 4.26. The van der Waals surface area contributed by atoms with Gasteiger partial charge in [-0.15, -0.1) is 0 Å². The van der Waals surface area contributed by atoms with Gasteiger partial charge in [0.05, 0.1) is 21.8 Å². The zero-order chi connectivity index (χ0) is 23.3. The van der Waals surface area contributed by atoms with Gasteiger partial charge in [0.1, 0.15) is 12.4 Å². The van der Waals surface area contributed by atoms with Crippen molar-refractivity contribution in [3.63, 3.8) is 0 Å². The summed E-state index contributed by atoms with van der Waals surface area (Å²) in [4.78, 5) is 12.6. The van der Waals surface area contributed by atoms with E-state index in [-0.39, 0.29) is 21.2 Å². The first-order valence-corrected chi connectivity index (χ1v) is 11.5. The van der Waals surface area contributed by atoms with Crippen LogP contribution in [0.25, 0.3) is 0 Å². The molecule has 0 aliphatic heterocycles. The van der Waals surface area contributed by atoms with E-state index in [2.05, 4.69) is 10.5 Å². The molecule has 0 radical (unpaired) electrons. The second-order valence-corrected chi connectivity index (χ2v) is 9.39. The number of nitrogens with zero attached hydrogens (tertiary/aromatic N) is 2. The molecule has 0 aromatic heterocycles. The van der Waals surface area contributed by atoms with Gasteiger partial charge in [-0.1, -0.05) is 47.5 Å². The zero-order valence-electron chi connectivity index (χ0n) is 16.8. The smallest absolute Gasteiger partial charge is 0.264 e. The standard InChI is InChI=1S/C22H18Cl2FN3O3S/c1-15-12-16(23)10-11-21(15)28(32(30,31)17-6-3-2-4-7-17)14-22(29)27-26-13-18-19(24)8-5-9-20(18)25/h2-13H,14H2,1H3,(H,27,29)/b26-13+. The highest BCUT2D eigenvalue weighted by Crippen LogP contribution is 2.28. The van der Waals surface area contributed by atoms with Crippen LogP contribution in [-0.4, -0.2) is 27.1 Å². The number of halogens is 3. The van der Waals surface area contributed by atoms with Crippen molar-refractivity contribution in [1.82, 2.24) is 5.43 Å². The molecule has 0 saturated carbocycles. The number of benzene rings is 3. The molecule has 166 valence electrons. The zero-order valence-corrected chi connectivity index (χ0v) is 19.1. The normalized spacial score (nSPS) is 11.5. The van der Waals surface area contributed by atoms with Gasteiger partial charge >= 0.3 is 0 Å². The van der Waals surface area contributed by atoms with Crippen LogP contribution in [0.5, 0.6) is 0 Å². The van der Waals surface area contributed by atoms with Crippen molar-refractivity contribution in [2.75, 3.05) is 10.8 Å². The molecule has 0 fully saturated rings. The maximum Gasteiger partial charge on any atom is 0.264 e. The molecule has 10 heteroatoms. The summed E-state index contributed by atoms with van der Waals surface area (Å²) in [6.45, 7) is 1.12. The van der Waals surface area contributed by atoms with Gasteiger partial charge in [-0.25, -0.2) is 18.2 Å². The summed E-state index contributed by atoms with van der Waals surface area (Å²) < 4.78 is 41.4. The highest BCUT2D eigenvalue weighted by Gasteiger charge is 2.28. The predicted molar refractivity (Wildman–Crippen MR) is 124 cm³/mol. The Hall–Kier alpha value is -2.94. The van der Waals surface area contributed by atoms with Crippen LogP contribution in [0.4, 0.5) is 10.1 Å². The summed E-state index contributed by atoms with van der Waals surface area (Å²) in [6.07, 6.45) is 1.05. The van der Waals surface area contributed by atoms with E-state index in [0.29, 0.717) is 10.6 Å². The van der Waals surface area contributed by atoms with Crippen molar-refractivity contribution in [3.8, 4) is 0 Å². The van der Waals surface area contributed by atoms with E-state index in [1.54, 1.807) is 31.2 Å². The quantitative estimate of drug-likeness (QED) is 0.379. The fourth-order valence-corrected chi connectivity index (χ4v) is 4.83. The van der Waals surface area contributed by atoms with Crippen LogP contribution in [0, 0.1) is 12.7 Å². The minimum atomic E-state index is -4.08. The topological polar surface area (TPSA) is 78.8 Å². The van der Waals surface area contributed by atoms with Crippen molar-refractivity contribution in [3.05, 3.63) is 93.7 Å². The molecule has 0 bridgehead atoms. The Morgan fingerprint density at radius 2 is 1.81 bits per heavy atom. The molecule has 1 amide bonds. The fourth-order valence-electron chi connectivity index (χ4n) is 2.89. The lowest BCUT2D eigenvalue weighted by atomic mass is 10.2. The summed E-state index contributed by atoms with van der Waals surface area (Å²) in [6, 6.07) is 16.5. The van der Waals surface area contributed by atoms with Crippen molar-refractivity contribution in [2.24, 2.45) is 5.10 Å². The minimum Gasteiger partial charge on any atom is -0.271 e. The number of hydrogen-bond acceptors (Lipinski definition) is 4. The molecule has 0 unspecified atom stereocenters. The van der Waals surface area contributed by atoms with Crippen LogP contribution in [-0.2, 0) is 14.8 Å². The Labute approximate surface area is 195 Å². The first-order chi connectivity index (χ1) is 15.2. The summed E-state index contributed by atoms with van der Waals surface area (Å²) in [7, 11) is -4.08. The van der Waals surface area contributed by atoms with Crippen molar-refractivity contribution < 1.29 is 17.6 Å². The Balaban J connectivity index is 1.89. The summed E-state index contributed by atoms with van der Waals surface area (Å²) in [5.74, 6) is -1.34. The van der Waals surface area contributed by atoms with Gasteiger partial charge in [0.25, 0.3) is 15.9 Å². The molecule has 0 aliphatic rings. The number of carbonyl (C=O) groups is 1. The molecule has 0 saturated heterocycles. The minimum absolute atomic E-state index is 0.00299. The largest absolute Gasteiger partial charge is 0.271 e. The molecular formula is C22H18Cl2FN3O3S. The van der Waals surface area contributed by atoms with E-state index in [1.807, 2.05) is 0 Å². The van der Waals surface area contributed by atoms with Crippen LogP contribution < -0.4 is 9.73 Å². The molecule has 3 aromatic carbocycles. The van der Waals surface area contributed by atoms with Crippen LogP contribution >= 0.6 is 23.2 Å². The van der Waals surface area contributed by atoms with Crippen LogP contribution in [0.2, 0.25) is 10.0 Å². The third-order valence-corrected chi connectivity index (χ3v) is 6.77. The molecule has 0 heterocycles. The molecule has 6 nitrogen and oxygen atoms in total. The van der Waals surface area contributed by atoms with E-state index in [0.717, 1.165) is 10.5 Å². The van der Waals surface area contributed by atoms with Crippen molar-refractivity contribution in [1.29, 1.82) is 0 Å². The number of nitrogens with one attached hydrogen (secondary N) is 1.